The zero-order valence-electron chi connectivity index (χ0n) is 9.64. The van der Waals surface area contributed by atoms with Crippen molar-refractivity contribution in [3.63, 3.8) is 0 Å². The Morgan fingerprint density at radius 2 is 1.94 bits per heavy atom. The van der Waals surface area contributed by atoms with Crippen molar-refractivity contribution in [1.29, 1.82) is 0 Å². The van der Waals surface area contributed by atoms with E-state index in [1.807, 2.05) is 0 Å². The summed E-state index contributed by atoms with van der Waals surface area (Å²) in [5.41, 5.74) is -0.799. The highest BCUT2D eigenvalue weighted by Gasteiger charge is 2.42. The van der Waals surface area contributed by atoms with Gasteiger partial charge in [-0.05, 0) is 26.7 Å². The quantitative estimate of drug-likeness (QED) is 0.763. The Hall–Kier alpha value is -1.33. The summed E-state index contributed by atoms with van der Waals surface area (Å²) in [6, 6.07) is -0.175. The summed E-state index contributed by atoms with van der Waals surface area (Å²) < 4.78 is 39.7. The van der Waals surface area contributed by atoms with Gasteiger partial charge in [-0.2, -0.15) is 18.3 Å². The van der Waals surface area contributed by atoms with Gasteiger partial charge in [-0.3, -0.25) is 9.48 Å². The second-order valence-electron chi connectivity index (χ2n) is 4.48. The van der Waals surface area contributed by atoms with Crippen molar-refractivity contribution < 1.29 is 18.0 Å². The molecule has 17 heavy (non-hydrogen) atoms. The second kappa shape index (κ2) is 3.85. The van der Waals surface area contributed by atoms with E-state index in [4.69, 9.17) is 0 Å². The molecule has 0 aliphatic heterocycles. The van der Waals surface area contributed by atoms with E-state index in [0.29, 0.717) is 18.5 Å². The maximum absolute atomic E-state index is 12.8. The lowest BCUT2D eigenvalue weighted by Crippen LogP contribution is -2.17. The third-order valence-electron chi connectivity index (χ3n) is 2.86. The number of aromatic nitrogens is 2. The normalized spacial score (nSPS) is 16.5. The van der Waals surface area contributed by atoms with Crippen molar-refractivity contribution in [2.75, 3.05) is 0 Å². The van der Waals surface area contributed by atoms with Crippen molar-refractivity contribution in [2.24, 2.45) is 0 Å². The molecule has 0 fully saturated rings. The molecule has 3 nitrogen and oxygen atoms in total. The maximum atomic E-state index is 12.8. The molecular weight excluding hydrogens is 233 g/mol. The van der Waals surface area contributed by atoms with Crippen molar-refractivity contribution in [2.45, 2.75) is 45.3 Å². The zero-order valence-corrected chi connectivity index (χ0v) is 9.64. The number of carbonyl (C=O) groups is 1. The summed E-state index contributed by atoms with van der Waals surface area (Å²) in [6.45, 7) is 3.51. The molecule has 0 aromatic carbocycles. The molecule has 1 aliphatic rings. The highest BCUT2D eigenvalue weighted by Crippen LogP contribution is 2.36. The largest absolute Gasteiger partial charge is 0.435 e. The lowest BCUT2D eigenvalue weighted by atomic mass is 9.94. The Morgan fingerprint density at radius 1 is 1.29 bits per heavy atom. The molecule has 0 saturated carbocycles. The van der Waals surface area contributed by atoms with Crippen LogP contribution in [0.2, 0.25) is 0 Å². The Bertz CT molecular complexity index is 460. The highest BCUT2D eigenvalue weighted by atomic mass is 19.4. The second-order valence-corrected chi connectivity index (χ2v) is 4.48. The van der Waals surface area contributed by atoms with Gasteiger partial charge >= 0.3 is 6.18 Å². The number of rotatable bonds is 1. The fourth-order valence-corrected chi connectivity index (χ4v) is 2.17. The molecule has 0 unspecified atom stereocenters. The monoisotopic (exact) mass is 246 g/mol. The molecular formula is C11H13F3N2O. The van der Waals surface area contributed by atoms with Crippen LogP contribution in [0.5, 0.6) is 0 Å². The predicted molar refractivity (Wildman–Crippen MR) is 54.9 cm³/mol. The molecule has 0 N–H and O–H groups in total. The standard InChI is InChI=1S/C11H13F3N2O/c1-6(2)16-7-4-3-5-8(17)9(7)10(15-16)11(12,13)14/h6H,3-5H2,1-2H3. The van der Waals surface area contributed by atoms with Crippen LogP contribution in [0.4, 0.5) is 13.2 Å². The van der Waals surface area contributed by atoms with E-state index in [9.17, 15) is 18.0 Å². The molecule has 2 rings (SSSR count). The van der Waals surface area contributed by atoms with Gasteiger partial charge in [0.25, 0.3) is 0 Å². The molecule has 1 aromatic heterocycles. The summed E-state index contributed by atoms with van der Waals surface area (Å²) >= 11 is 0. The Labute approximate surface area is 96.6 Å². The minimum absolute atomic E-state index is 0.175. The van der Waals surface area contributed by atoms with Crippen LogP contribution in [-0.4, -0.2) is 15.6 Å². The first-order valence-corrected chi connectivity index (χ1v) is 5.54. The third kappa shape index (κ3) is 1.96. The number of ketones is 1. The fourth-order valence-electron chi connectivity index (χ4n) is 2.17. The topological polar surface area (TPSA) is 34.9 Å². The van der Waals surface area contributed by atoms with E-state index in [-0.39, 0.29) is 18.0 Å². The summed E-state index contributed by atoms with van der Waals surface area (Å²) in [5.74, 6) is -0.439. The minimum atomic E-state index is -4.56. The summed E-state index contributed by atoms with van der Waals surface area (Å²) in [6.07, 6.45) is -3.29. The van der Waals surface area contributed by atoms with Crippen LogP contribution < -0.4 is 0 Å². The average molecular weight is 246 g/mol. The van der Waals surface area contributed by atoms with Gasteiger partial charge < -0.3 is 0 Å². The summed E-state index contributed by atoms with van der Waals surface area (Å²) in [4.78, 5) is 11.6. The first-order chi connectivity index (χ1) is 7.82. The molecule has 0 radical (unpaired) electrons. The van der Waals surface area contributed by atoms with Crippen LogP contribution in [-0.2, 0) is 12.6 Å². The Kier molecular flexibility index (Phi) is 2.75. The van der Waals surface area contributed by atoms with Crippen LogP contribution in [0, 0.1) is 0 Å². The smallest absolute Gasteiger partial charge is 0.294 e. The number of nitrogens with zero attached hydrogens (tertiary/aromatic N) is 2. The van der Waals surface area contributed by atoms with Crippen LogP contribution >= 0.6 is 0 Å². The molecule has 0 bridgehead atoms. The molecule has 0 saturated heterocycles. The van der Waals surface area contributed by atoms with Gasteiger partial charge in [0.2, 0.25) is 0 Å². The van der Waals surface area contributed by atoms with Gasteiger partial charge in [-0.1, -0.05) is 0 Å². The highest BCUT2D eigenvalue weighted by molar-refractivity contribution is 5.99. The minimum Gasteiger partial charge on any atom is -0.294 e. The lowest BCUT2D eigenvalue weighted by molar-refractivity contribution is -0.141. The van der Waals surface area contributed by atoms with E-state index in [0.717, 1.165) is 0 Å². The third-order valence-corrected chi connectivity index (χ3v) is 2.86. The van der Waals surface area contributed by atoms with E-state index in [1.165, 1.54) is 4.68 Å². The van der Waals surface area contributed by atoms with Gasteiger partial charge in [0, 0.05) is 12.5 Å². The number of alkyl halides is 3. The Balaban J connectivity index is 2.66. The van der Waals surface area contributed by atoms with Crippen molar-refractivity contribution in [3.05, 3.63) is 17.0 Å². The molecule has 1 heterocycles. The van der Waals surface area contributed by atoms with Crippen LogP contribution in [0.15, 0.2) is 0 Å². The SMILES string of the molecule is CC(C)n1nc(C(F)(F)F)c2c1CCCC2=O. The van der Waals surface area contributed by atoms with Gasteiger partial charge in [0.1, 0.15) is 0 Å². The van der Waals surface area contributed by atoms with Gasteiger partial charge in [-0.15, -0.1) is 0 Å². The van der Waals surface area contributed by atoms with E-state index in [2.05, 4.69) is 5.10 Å². The van der Waals surface area contributed by atoms with Crippen molar-refractivity contribution in [1.82, 2.24) is 9.78 Å². The van der Waals surface area contributed by atoms with E-state index in [1.54, 1.807) is 13.8 Å². The maximum Gasteiger partial charge on any atom is 0.435 e. The number of fused-ring (bicyclic) bond motifs is 1. The van der Waals surface area contributed by atoms with Crippen molar-refractivity contribution >= 4 is 5.78 Å². The molecule has 1 aromatic rings. The number of hydrogen-bond acceptors (Lipinski definition) is 2. The van der Waals surface area contributed by atoms with Crippen LogP contribution in [0.3, 0.4) is 0 Å². The molecule has 94 valence electrons. The first kappa shape index (κ1) is 12.1. The summed E-state index contributed by atoms with van der Waals surface area (Å²) in [7, 11) is 0. The fraction of sp³-hybridized carbons (Fsp3) is 0.636. The van der Waals surface area contributed by atoms with Gasteiger partial charge in [-0.25, -0.2) is 0 Å². The number of hydrogen-bond donors (Lipinski definition) is 0. The zero-order chi connectivity index (χ0) is 12.8. The number of halogens is 3. The first-order valence-electron chi connectivity index (χ1n) is 5.54. The average Bonchev–Trinajstić information content (AvgIpc) is 2.57. The molecule has 1 aliphatic carbocycles. The number of carbonyl (C=O) groups excluding carboxylic acids is 1. The van der Waals surface area contributed by atoms with E-state index < -0.39 is 17.7 Å². The number of Topliss-reactive ketones (excluding diaryl/α,β-unsaturated/α-hetero) is 1. The van der Waals surface area contributed by atoms with E-state index >= 15 is 0 Å². The molecule has 6 heteroatoms. The molecule has 0 atom stereocenters. The lowest BCUT2D eigenvalue weighted by Gasteiger charge is -2.15. The molecule has 0 amide bonds. The van der Waals surface area contributed by atoms with Gasteiger partial charge in [0.15, 0.2) is 11.5 Å². The van der Waals surface area contributed by atoms with Crippen LogP contribution in [0.25, 0.3) is 0 Å². The Morgan fingerprint density at radius 3 is 2.47 bits per heavy atom. The van der Waals surface area contributed by atoms with Gasteiger partial charge in [0.05, 0.1) is 11.3 Å². The molecule has 0 spiro atoms. The van der Waals surface area contributed by atoms with Crippen molar-refractivity contribution in [3.8, 4) is 0 Å². The predicted octanol–water partition coefficient (Wildman–Crippen LogP) is 3.00. The van der Waals surface area contributed by atoms with Crippen LogP contribution in [0.1, 0.15) is 54.5 Å². The summed E-state index contributed by atoms with van der Waals surface area (Å²) in [5, 5.41) is 3.58.